The molecule has 8 heteroatoms. The fraction of sp³-hybridized carbons (Fsp3) is 0.350. The third kappa shape index (κ3) is 4.51. The second-order valence-corrected chi connectivity index (χ2v) is 6.33. The second-order valence-electron chi connectivity index (χ2n) is 6.33. The highest BCUT2D eigenvalue weighted by molar-refractivity contribution is 6.04. The third-order valence-electron chi connectivity index (χ3n) is 4.10. The fourth-order valence-corrected chi connectivity index (χ4v) is 2.92. The van der Waals surface area contributed by atoms with Crippen LogP contribution in [0.15, 0.2) is 36.8 Å². The summed E-state index contributed by atoms with van der Waals surface area (Å²) >= 11 is 0. The van der Waals surface area contributed by atoms with Crippen LogP contribution in [0.2, 0.25) is 0 Å². The van der Waals surface area contributed by atoms with Gasteiger partial charge in [0.15, 0.2) is 11.5 Å². The molecule has 0 fully saturated rings. The molecule has 0 bridgehead atoms. The van der Waals surface area contributed by atoms with E-state index in [4.69, 9.17) is 9.47 Å². The predicted molar refractivity (Wildman–Crippen MR) is 106 cm³/mol. The zero-order valence-corrected chi connectivity index (χ0v) is 16.6. The van der Waals surface area contributed by atoms with E-state index in [9.17, 15) is 4.79 Å². The molecule has 1 aromatic carbocycles. The first kappa shape index (κ1) is 19.5. The Morgan fingerprint density at radius 2 is 1.89 bits per heavy atom. The van der Waals surface area contributed by atoms with Crippen molar-refractivity contribution in [2.45, 2.75) is 27.3 Å². The highest BCUT2D eigenvalue weighted by Crippen LogP contribution is 2.29. The first-order valence-electron chi connectivity index (χ1n) is 9.22. The van der Waals surface area contributed by atoms with E-state index in [-0.39, 0.29) is 5.91 Å². The van der Waals surface area contributed by atoms with Crippen LogP contribution in [0.1, 0.15) is 35.5 Å². The highest BCUT2D eigenvalue weighted by atomic mass is 16.5. The van der Waals surface area contributed by atoms with Crippen molar-refractivity contribution in [2.24, 2.45) is 7.05 Å². The van der Waals surface area contributed by atoms with E-state index in [1.54, 1.807) is 41.9 Å². The van der Waals surface area contributed by atoms with Gasteiger partial charge in [-0.15, -0.1) is 0 Å². The molecule has 0 aliphatic carbocycles. The number of hydrogen-bond acceptors (Lipinski definition) is 5. The molecule has 0 saturated carbocycles. The molecule has 28 heavy (non-hydrogen) atoms. The number of nitrogens with zero attached hydrogens (tertiary/aromatic N) is 4. The lowest BCUT2D eigenvalue weighted by molar-refractivity contribution is 0.102. The Labute approximate surface area is 164 Å². The summed E-state index contributed by atoms with van der Waals surface area (Å²) in [6.07, 6.45) is 5.12. The Kier molecular flexibility index (Phi) is 5.98. The molecular weight excluding hydrogens is 358 g/mol. The molecule has 3 aromatic rings. The summed E-state index contributed by atoms with van der Waals surface area (Å²) in [5.74, 6) is 1.24. The molecule has 0 atom stereocenters. The summed E-state index contributed by atoms with van der Waals surface area (Å²) in [6, 6.07) is 5.83. The fourth-order valence-electron chi connectivity index (χ4n) is 2.92. The lowest BCUT2D eigenvalue weighted by Gasteiger charge is -2.12. The number of carbonyl (C=O) groups is 1. The Bertz CT molecular complexity index is 961. The minimum Gasteiger partial charge on any atom is -0.490 e. The van der Waals surface area contributed by atoms with Gasteiger partial charge < -0.3 is 14.8 Å². The zero-order chi connectivity index (χ0) is 20.1. The SMILES string of the molecule is CCOc1ccc(Cn2cc(NC(=O)c3cn(C)nc3C)cn2)cc1OCC. The first-order chi connectivity index (χ1) is 13.5. The quantitative estimate of drug-likeness (QED) is 0.646. The number of rotatable bonds is 8. The van der Waals surface area contributed by atoms with Crippen LogP contribution in [0.4, 0.5) is 5.69 Å². The van der Waals surface area contributed by atoms with Gasteiger partial charge in [-0.3, -0.25) is 14.2 Å². The number of carbonyl (C=O) groups excluding carboxylic acids is 1. The average Bonchev–Trinajstić information content (AvgIpc) is 3.23. The van der Waals surface area contributed by atoms with Crippen molar-refractivity contribution >= 4 is 11.6 Å². The monoisotopic (exact) mass is 383 g/mol. The van der Waals surface area contributed by atoms with Crippen LogP contribution in [0, 0.1) is 6.92 Å². The van der Waals surface area contributed by atoms with Gasteiger partial charge in [0.05, 0.1) is 42.9 Å². The Balaban J connectivity index is 1.69. The molecular formula is C20H25N5O3. The van der Waals surface area contributed by atoms with Crippen molar-refractivity contribution in [3.63, 3.8) is 0 Å². The summed E-state index contributed by atoms with van der Waals surface area (Å²) in [5.41, 5.74) is 2.88. The van der Waals surface area contributed by atoms with E-state index in [1.165, 1.54) is 0 Å². The Morgan fingerprint density at radius 3 is 2.57 bits per heavy atom. The van der Waals surface area contributed by atoms with Crippen molar-refractivity contribution < 1.29 is 14.3 Å². The summed E-state index contributed by atoms with van der Waals surface area (Å²) in [5, 5.41) is 11.4. The normalized spacial score (nSPS) is 10.7. The Morgan fingerprint density at radius 1 is 1.14 bits per heavy atom. The standard InChI is InChI=1S/C20H25N5O3/c1-5-27-18-8-7-15(9-19(18)28-6-2)11-25-12-16(10-21-25)22-20(26)17-13-24(4)23-14(17)3/h7-10,12-13H,5-6,11H2,1-4H3,(H,22,26). The van der Waals surface area contributed by atoms with Crippen LogP contribution in [-0.4, -0.2) is 38.7 Å². The number of benzene rings is 1. The van der Waals surface area contributed by atoms with Crippen molar-refractivity contribution in [3.8, 4) is 11.5 Å². The molecule has 0 unspecified atom stereocenters. The van der Waals surface area contributed by atoms with Crippen LogP contribution >= 0.6 is 0 Å². The molecule has 1 N–H and O–H groups in total. The van der Waals surface area contributed by atoms with Gasteiger partial charge in [-0.2, -0.15) is 10.2 Å². The number of aryl methyl sites for hydroxylation is 2. The highest BCUT2D eigenvalue weighted by Gasteiger charge is 2.14. The minimum atomic E-state index is -0.204. The van der Waals surface area contributed by atoms with E-state index >= 15 is 0 Å². The predicted octanol–water partition coefficient (Wildman–Crippen LogP) is 3.02. The topological polar surface area (TPSA) is 83.2 Å². The average molecular weight is 383 g/mol. The van der Waals surface area contributed by atoms with E-state index in [2.05, 4.69) is 15.5 Å². The van der Waals surface area contributed by atoms with Crippen molar-refractivity contribution in [1.82, 2.24) is 19.6 Å². The third-order valence-corrected chi connectivity index (χ3v) is 4.10. The van der Waals surface area contributed by atoms with Crippen molar-refractivity contribution in [3.05, 3.63) is 53.6 Å². The molecule has 0 spiro atoms. The van der Waals surface area contributed by atoms with Crippen LogP contribution in [0.25, 0.3) is 0 Å². The van der Waals surface area contributed by atoms with Gasteiger partial charge in [0, 0.05) is 19.4 Å². The summed E-state index contributed by atoms with van der Waals surface area (Å²) in [6.45, 7) is 7.38. The maximum absolute atomic E-state index is 12.4. The second kappa shape index (κ2) is 8.60. The summed E-state index contributed by atoms with van der Waals surface area (Å²) in [7, 11) is 1.79. The lowest BCUT2D eigenvalue weighted by atomic mass is 10.2. The molecule has 2 aromatic heterocycles. The minimum absolute atomic E-state index is 0.204. The van der Waals surface area contributed by atoms with Crippen LogP contribution in [0.3, 0.4) is 0 Å². The van der Waals surface area contributed by atoms with E-state index in [1.807, 2.05) is 32.0 Å². The number of nitrogens with one attached hydrogen (secondary N) is 1. The van der Waals surface area contributed by atoms with Crippen molar-refractivity contribution in [1.29, 1.82) is 0 Å². The molecule has 0 aliphatic heterocycles. The molecule has 0 saturated heterocycles. The van der Waals surface area contributed by atoms with Crippen molar-refractivity contribution in [2.75, 3.05) is 18.5 Å². The zero-order valence-electron chi connectivity index (χ0n) is 16.6. The molecule has 0 radical (unpaired) electrons. The smallest absolute Gasteiger partial charge is 0.259 e. The number of aromatic nitrogens is 4. The molecule has 2 heterocycles. The van der Waals surface area contributed by atoms with Gasteiger partial charge in [0.25, 0.3) is 5.91 Å². The molecule has 3 rings (SSSR count). The van der Waals surface area contributed by atoms with Gasteiger partial charge >= 0.3 is 0 Å². The number of ether oxygens (including phenoxy) is 2. The number of amides is 1. The number of hydrogen-bond donors (Lipinski definition) is 1. The largest absolute Gasteiger partial charge is 0.490 e. The lowest BCUT2D eigenvalue weighted by Crippen LogP contribution is -2.12. The van der Waals surface area contributed by atoms with Gasteiger partial charge in [-0.1, -0.05) is 6.07 Å². The number of anilines is 1. The first-order valence-corrected chi connectivity index (χ1v) is 9.22. The van der Waals surface area contributed by atoms with Gasteiger partial charge in [-0.25, -0.2) is 0 Å². The Hall–Kier alpha value is -3.29. The van der Waals surface area contributed by atoms with Gasteiger partial charge in [-0.05, 0) is 38.5 Å². The summed E-state index contributed by atoms with van der Waals surface area (Å²) < 4.78 is 14.6. The van der Waals surface area contributed by atoms with E-state index in [0.29, 0.717) is 36.7 Å². The molecule has 148 valence electrons. The van der Waals surface area contributed by atoms with E-state index in [0.717, 1.165) is 17.1 Å². The van der Waals surface area contributed by atoms with Crippen LogP contribution < -0.4 is 14.8 Å². The summed E-state index contributed by atoms with van der Waals surface area (Å²) in [4.78, 5) is 12.4. The molecule has 8 nitrogen and oxygen atoms in total. The van der Waals surface area contributed by atoms with Gasteiger partial charge in [0.1, 0.15) is 0 Å². The maximum Gasteiger partial charge on any atom is 0.259 e. The maximum atomic E-state index is 12.4. The van der Waals surface area contributed by atoms with E-state index < -0.39 is 0 Å². The van der Waals surface area contributed by atoms with Gasteiger partial charge in [0.2, 0.25) is 0 Å². The molecule has 0 aliphatic rings. The molecule has 1 amide bonds. The van der Waals surface area contributed by atoms with Crippen LogP contribution in [-0.2, 0) is 13.6 Å². The van der Waals surface area contributed by atoms with Crippen LogP contribution in [0.5, 0.6) is 11.5 Å².